The molecule has 2 heterocycles. The molecule has 23 heavy (non-hydrogen) atoms. The predicted octanol–water partition coefficient (Wildman–Crippen LogP) is 2.81. The fourth-order valence-electron chi connectivity index (χ4n) is 2.85. The van der Waals surface area contributed by atoms with Gasteiger partial charge >= 0.3 is 0 Å². The van der Waals surface area contributed by atoms with Crippen LogP contribution in [0.5, 0.6) is 5.75 Å². The van der Waals surface area contributed by atoms with Gasteiger partial charge in [-0.15, -0.1) is 0 Å². The number of H-pyrrole nitrogens is 1. The number of para-hydroxylation sites is 1. The topological polar surface area (TPSA) is 69.2 Å². The van der Waals surface area contributed by atoms with Gasteiger partial charge in [-0.2, -0.15) is 0 Å². The molecule has 0 saturated carbocycles. The van der Waals surface area contributed by atoms with Crippen LogP contribution in [0.4, 0.5) is 0 Å². The number of aromatic hydroxyl groups is 1. The van der Waals surface area contributed by atoms with Crippen molar-refractivity contribution in [3.8, 4) is 5.75 Å². The summed E-state index contributed by atoms with van der Waals surface area (Å²) in [4.78, 5) is 21.8. The molecule has 2 aromatic rings. The number of benzene rings is 1. The lowest BCUT2D eigenvalue weighted by atomic mass is 10.0. The van der Waals surface area contributed by atoms with Crippen LogP contribution in [-0.4, -0.2) is 26.5 Å². The largest absolute Gasteiger partial charge is 0.506 e. The molecule has 0 fully saturated rings. The number of phenolic OH excluding ortho intramolecular Hbond substituents is 1. The van der Waals surface area contributed by atoms with Crippen LogP contribution >= 0.6 is 11.6 Å². The van der Waals surface area contributed by atoms with Gasteiger partial charge in [-0.3, -0.25) is 9.69 Å². The van der Waals surface area contributed by atoms with Crippen molar-refractivity contribution in [1.29, 1.82) is 0 Å². The summed E-state index contributed by atoms with van der Waals surface area (Å²) >= 11 is 5.96. The summed E-state index contributed by atoms with van der Waals surface area (Å²) in [6.07, 6.45) is 0.664. The number of nitrogens with zero attached hydrogens (tertiary/aromatic N) is 2. The van der Waals surface area contributed by atoms with Crippen molar-refractivity contribution in [2.75, 3.05) is 6.54 Å². The van der Waals surface area contributed by atoms with E-state index < -0.39 is 0 Å². The molecule has 0 unspecified atom stereocenters. The van der Waals surface area contributed by atoms with Crippen molar-refractivity contribution in [2.24, 2.45) is 0 Å². The summed E-state index contributed by atoms with van der Waals surface area (Å²) in [5, 5.41) is 10.4. The minimum atomic E-state index is -0.0241. The highest BCUT2D eigenvalue weighted by Gasteiger charge is 2.22. The maximum Gasteiger partial charge on any atom is 0.254 e. The van der Waals surface area contributed by atoms with Crippen molar-refractivity contribution in [1.82, 2.24) is 14.9 Å². The van der Waals surface area contributed by atoms with Gasteiger partial charge in [0.25, 0.3) is 5.56 Å². The van der Waals surface area contributed by atoms with E-state index in [4.69, 9.17) is 11.6 Å². The van der Waals surface area contributed by atoms with Gasteiger partial charge in [0, 0.05) is 36.7 Å². The van der Waals surface area contributed by atoms with Gasteiger partial charge in [-0.25, -0.2) is 4.98 Å². The molecule has 1 aromatic carbocycles. The molecule has 3 rings (SSSR count). The van der Waals surface area contributed by atoms with E-state index in [1.165, 1.54) is 0 Å². The second kappa shape index (κ2) is 6.34. The first-order valence-corrected chi connectivity index (χ1v) is 8.14. The van der Waals surface area contributed by atoms with Crippen molar-refractivity contribution in [2.45, 2.75) is 39.3 Å². The molecular weight excluding hydrogens is 314 g/mol. The fourth-order valence-corrected chi connectivity index (χ4v) is 3.04. The van der Waals surface area contributed by atoms with Gasteiger partial charge in [0.15, 0.2) is 0 Å². The molecule has 1 aliphatic rings. The van der Waals surface area contributed by atoms with Crippen LogP contribution in [0.1, 0.15) is 42.4 Å². The minimum Gasteiger partial charge on any atom is -0.506 e. The third-order valence-electron chi connectivity index (χ3n) is 4.18. The summed E-state index contributed by atoms with van der Waals surface area (Å²) in [6, 6.07) is 5.36. The number of aromatic nitrogens is 2. The monoisotopic (exact) mass is 333 g/mol. The fraction of sp³-hybridized carbons (Fsp3) is 0.412. The predicted molar refractivity (Wildman–Crippen MR) is 89.9 cm³/mol. The van der Waals surface area contributed by atoms with Gasteiger partial charge in [-0.1, -0.05) is 37.6 Å². The van der Waals surface area contributed by atoms with Gasteiger partial charge in [0.2, 0.25) is 0 Å². The normalized spacial score (nSPS) is 15.0. The molecule has 0 spiro atoms. The summed E-state index contributed by atoms with van der Waals surface area (Å²) in [5.41, 5.74) is 2.38. The number of nitrogens with one attached hydrogen (secondary N) is 1. The van der Waals surface area contributed by atoms with E-state index in [9.17, 15) is 9.90 Å². The van der Waals surface area contributed by atoms with E-state index in [-0.39, 0.29) is 17.2 Å². The zero-order chi connectivity index (χ0) is 16.6. The maximum absolute atomic E-state index is 12.2. The highest BCUT2D eigenvalue weighted by atomic mass is 35.5. The Morgan fingerprint density at radius 2 is 2.22 bits per heavy atom. The van der Waals surface area contributed by atoms with Crippen molar-refractivity contribution in [3.63, 3.8) is 0 Å². The standard InChI is InChI=1S/C17H20ClN3O2/c1-10(2)16-19-14-9-21(7-6-12(14)17(23)20-16)8-11-4-3-5-13(18)15(11)22/h3-5,10,22H,6-9H2,1-2H3,(H,19,20,23). The third kappa shape index (κ3) is 3.26. The molecule has 0 aliphatic carbocycles. The average Bonchev–Trinajstić information content (AvgIpc) is 2.51. The molecule has 2 N–H and O–H groups in total. The van der Waals surface area contributed by atoms with E-state index >= 15 is 0 Å². The Morgan fingerprint density at radius 1 is 1.43 bits per heavy atom. The van der Waals surface area contributed by atoms with Crippen molar-refractivity contribution in [3.05, 3.63) is 56.2 Å². The van der Waals surface area contributed by atoms with Crippen molar-refractivity contribution < 1.29 is 5.11 Å². The third-order valence-corrected chi connectivity index (χ3v) is 4.49. The summed E-state index contributed by atoms with van der Waals surface area (Å²) in [6.45, 7) is 5.96. The number of fused-ring (bicyclic) bond motifs is 1. The second-order valence-corrected chi connectivity index (χ2v) is 6.65. The molecular formula is C17H20ClN3O2. The Morgan fingerprint density at radius 3 is 2.96 bits per heavy atom. The van der Waals surface area contributed by atoms with Crippen molar-refractivity contribution >= 4 is 11.6 Å². The van der Waals surface area contributed by atoms with Crippen LogP contribution in [0.3, 0.4) is 0 Å². The summed E-state index contributed by atoms with van der Waals surface area (Å²) < 4.78 is 0. The molecule has 6 heteroatoms. The number of halogens is 1. The van der Waals surface area contributed by atoms with Gasteiger partial charge in [0.05, 0.1) is 10.7 Å². The molecule has 5 nitrogen and oxygen atoms in total. The summed E-state index contributed by atoms with van der Waals surface area (Å²) in [7, 11) is 0. The van der Waals surface area contributed by atoms with E-state index in [1.54, 1.807) is 6.07 Å². The van der Waals surface area contributed by atoms with Crippen LogP contribution in [0.25, 0.3) is 0 Å². The Balaban J connectivity index is 1.85. The number of hydrogen-bond acceptors (Lipinski definition) is 4. The number of hydrogen-bond donors (Lipinski definition) is 2. The van der Waals surface area contributed by atoms with Crippen LogP contribution in [0.2, 0.25) is 5.02 Å². The van der Waals surface area contributed by atoms with Crippen LogP contribution < -0.4 is 5.56 Å². The van der Waals surface area contributed by atoms with Crippen LogP contribution in [-0.2, 0) is 19.5 Å². The lowest BCUT2D eigenvalue weighted by molar-refractivity contribution is 0.237. The highest BCUT2D eigenvalue weighted by molar-refractivity contribution is 6.32. The molecule has 0 bridgehead atoms. The molecule has 0 atom stereocenters. The van der Waals surface area contributed by atoms with E-state index in [2.05, 4.69) is 14.9 Å². The van der Waals surface area contributed by atoms with Gasteiger partial charge in [-0.05, 0) is 12.5 Å². The Hall–Kier alpha value is -1.85. The SMILES string of the molecule is CC(C)c1nc2c(c(=O)[nH]1)CCN(Cc1cccc(Cl)c1O)C2. The molecule has 0 radical (unpaired) electrons. The lowest BCUT2D eigenvalue weighted by Gasteiger charge is -2.28. The van der Waals surface area contributed by atoms with Crippen LogP contribution in [0, 0.1) is 0 Å². The van der Waals surface area contributed by atoms with Crippen LogP contribution in [0.15, 0.2) is 23.0 Å². The summed E-state index contributed by atoms with van der Waals surface area (Å²) in [5.74, 6) is 1.03. The number of rotatable bonds is 3. The van der Waals surface area contributed by atoms with E-state index in [0.29, 0.717) is 24.5 Å². The highest BCUT2D eigenvalue weighted by Crippen LogP contribution is 2.29. The first kappa shape index (κ1) is 16.0. The Labute approximate surface area is 139 Å². The second-order valence-electron chi connectivity index (χ2n) is 6.24. The molecule has 0 saturated heterocycles. The van der Waals surface area contributed by atoms with Gasteiger partial charge in [0.1, 0.15) is 11.6 Å². The molecule has 0 amide bonds. The van der Waals surface area contributed by atoms with E-state index in [0.717, 1.165) is 29.2 Å². The average molecular weight is 334 g/mol. The maximum atomic E-state index is 12.2. The van der Waals surface area contributed by atoms with Gasteiger partial charge < -0.3 is 10.1 Å². The van der Waals surface area contributed by atoms with E-state index in [1.807, 2.05) is 26.0 Å². The first-order valence-electron chi connectivity index (χ1n) is 7.76. The Kier molecular flexibility index (Phi) is 4.41. The lowest BCUT2D eigenvalue weighted by Crippen LogP contribution is -2.35. The Bertz CT molecular complexity index is 786. The molecule has 1 aliphatic heterocycles. The first-order chi connectivity index (χ1) is 11.0. The minimum absolute atomic E-state index is 0.0241. The zero-order valence-electron chi connectivity index (χ0n) is 13.3. The number of phenols is 1. The smallest absolute Gasteiger partial charge is 0.254 e. The zero-order valence-corrected chi connectivity index (χ0v) is 14.0. The number of aromatic amines is 1. The quantitative estimate of drug-likeness (QED) is 0.906. The molecule has 1 aromatic heterocycles. The molecule has 122 valence electrons.